The molecule has 0 radical (unpaired) electrons. The molecule has 0 unspecified atom stereocenters. The number of aliphatic imine (C=N–C) groups is 1. The molecule has 0 saturated carbocycles. The van der Waals surface area contributed by atoms with Gasteiger partial charge in [0.2, 0.25) is 6.79 Å². The molecule has 3 rings (SSSR count). The summed E-state index contributed by atoms with van der Waals surface area (Å²) >= 11 is 0. The number of guanidine groups is 1. The number of rotatable bonds is 5. The molecule has 3 N–H and O–H groups in total. The first-order valence-electron chi connectivity index (χ1n) is 7.79. The number of hydrogen-bond acceptors (Lipinski definition) is 3. The largest absolute Gasteiger partial charge is 0.454 e. The van der Waals surface area contributed by atoms with Crippen molar-refractivity contribution < 1.29 is 9.47 Å². The summed E-state index contributed by atoms with van der Waals surface area (Å²) in [5.41, 5.74) is 9.33. The first-order valence-corrected chi connectivity index (χ1v) is 7.79. The zero-order valence-corrected chi connectivity index (χ0v) is 15.9. The Morgan fingerprint density at radius 3 is 2.54 bits per heavy atom. The minimum Gasteiger partial charge on any atom is -0.454 e. The van der Waals surface area contributed by atoms with E-state index in [2.05, 4.69) is 29.4 Å². The smallest absolute Gasteiger partial charge is 0.231 e. The van der Waals surface area contributed by atoms with E-state index in [1.165, 1.54) is 5.56 Å². The average Bonchev–Trinajstić information content (AvgIpc) is 3.03. The van der Waals surface area contributed by atoms with Crippen LogP contribution in [0.5, 0.6) is 11.5 Å². The fourth-order valence-electron chi connectivity index (χ4n) is 2.41. The van der Waals surface area contributed by atoms with E-state index in [1.54, 1.807) is 0 Å². The molecule has 1 aliphatic heterocycles. The number of ether oxygens (including phenoxy) is 2. The molecule has 0 bridgehead atoms. The third kappa shape index (κ3) is 4.77. The van der Waals surface area contributed by atoms with Crippen molar-refractivity contribution >= 4 is 35.6 Å². The second-order valence-corrected chi connectivity index (χ2v) is 5.38. The maximum atomic E-state index is 5.92. The van der Waals surface area contributed by atoms with Gasteiger partial charge < -0.3 is 20.5 Å². The molecule has 0 atom stereocenters. The molecule has 0 fully saturated rings. The Morgan fingerprint density at radius 2 is 1.79 bits per heavy atom. The topological polar surface area (TPSA) is 68.9 Å². The van der Waals surface area contributed by atoms with Gasteiger partial charge in [-0.05, 0) is 48.2 Å². The van der Waals surface area contributed by atoms with Gasteiger partial charge in [-0.25, -0.2) is 0 Å². The molecule has 128 valence electrons. The van der Waals surface area contributed by atoms with Crippen LogP contribution in [-0.4, -0.2) is 19.3 Å². The summed E-state index contributed by atoms with van der Waals surface area (Å²) < 4.78 is 10.7. The van der Waals surface area contributed by atoms with E-state index in [9.17, 15) is 0 Å². The van der Waals surface area contributed by atoms with E-state index in [4.69, 9.17) is 15.2 Å². The molecule has 0 aliphatic carbocycles. The number of anilines is 1. The number of halogens is 1. The molecule has 0 spiro atoms. The van der Waals surface area contributed by atoms with E-state index in [-0.39, 0.29) is 24.0 Å². The lowest BCUT2D eigenvalue weighted by molar-refractivity contribution is 0.174. The molecule has 0 aromatic heterocycles. The minimum absolute atomic E-state index is 0. The molecule has 0 amide bonds. The van der Waals surface area contributed by atoms with Crippen LogP contribution in [0.3, 0.4) is 0 Å². The summed E-state index contributed by atoms with van der Waals surface area (Å²) in [6.07, 6.45) is 1.83. The lowest BCUT2D eigenvalue weighted by Gasteiger charge is -2.06. The van der Waals surface area contributed by atoms with Crippen molar-refractivity contribution in [3.8, 4) is 11.5 Å². The average molecular weight is 439 g/mol. The molecular weight excluding hydrogens is 417 g/mol. The number of fused-ring (bicyclic) bond motifs is 1. The van der Waals surface area contributed by atoms with Gasteiger partial charge in [0.05, 0.1) is 0 Å². The first kappa shape index (κ1) is 18.4. The van der Waals surface area contributed by atoms with Crippen molar-refractivity contribution in [1.82, 2.24) is 0 Å². The maximum absolute atomic E-state index is 5.92. The number of aryl methyl sites for hydroxylation is 1. The van der Waals surface area contributed by atoms with Crippen LogP contribution < -0.4 is 20.5 Å². The summed E-state index contributed by atoms with van der Waals surface area (Å²) in [5, 5.41) is 3.10. The van der Waals surface area contributed by atoms with E-state index in [0.717, 1.165) is 35.6 Å². The van der Waals surface area contributed by atoms with Gasteiger partial charge in [-0.15, -0.1) is 24.0 Å². The fraction of sp³-hybridized carbons (Fsp3) is 0.278. The Hall–Kier alpha value is -1.96. The molecule has 24 heavy (non-hydrogen) atoms. The zero-order valence-electron chi connectivity index (χ0n) is 13.6. The van der Waals surface area contributed by atoms with Gasteiger partial charge in [0, 0.05) is 12.2 Å². The molecule has 2 aromatic carbocycles. The lowest BCUT2D eigenvalue weighted by Crippen LogP contribution is -2.23. The van der Waals surface area contributed by atoms with Crippen molar-refractivity contribution in [2.45, 2.75) is 19.8 Å². The molecule has 1 heterocycles. The second-order valence-electron chi connectivity index (χ2n) is 5.38. The highest BCUT2D eigenvalue weighted by Gasteiger charge is 2.12. The third-order valence-electron chi connectivity index (χ3n) is 3.75. The molecule has 1 aliphatic rings. The predicted molar refractivity (Wildman–Crippen MR) is 108 cm³/mol. The van der Waals surface area contributed by atoms with E-state index in [1.807, 2.05) is 30.3 Å². The van der Waals surface area contributed by atoms with E-state index < -0.39 is 0 Å². The standard InChI is InChI=1S/C18H21N3O2.HI/c1-2-13-3-6-15(7-4-13)21-18(19)20-10-9-14-5-8-16-17(11-14)23-12-22-16;/h3-8,11H,2,9-10,12H2,1H3,(H3,19,20,21);1H. The molecule has 5 nitrogen and oxygen atoms in total. The SMILES string of the molecule is CCc1ccc(NC(N)=NCCc2ccc3c(c2)OCO3)cc1.I. The Bertz CT molecular complexity index is 702. The normalized spacial score (nSPS) is 12.6. The van der Waals surface area contributed by atoms with Gasteiger partial charge in [-0.2, -0.15) is 0 Å². The van der Waals surface area contributed by atoms with Gasteiger partial charge >= 0.3 is 0 Å². The van der Waals surface area contributed by atoms with Gasteiger partial charge in [0.15, 0.2) is 17.5 Å². The second kappa shape index (κ2) is 8.77. The van der Waals surface area contributed by atoms with Crippen molar-refractivity contribution in [3.63, 3.8) is 0 Å². The Labute approximate surface area is 159 Å². The van der Waals surface area contributed by atoms with Crippen LogP contribution in [0.25, 0.3) is 0 Å². The number of nitrogens with one attached hydrogen (secondary N) is 1. The number of nitrogens with two attached hydrogens (primary N) is 1. The van der Waals surface area contributed by atoms with Crippen molar-refractivity contribution in [1.29, 1.82) is 0 Å². The van der Waals surface area contributed by atoms with Gasteiger partial charge in [0.1, 0.15) is 0 Å². The minimum atomic E-state index is 0. The Kier molecular flexibility index (Phi) is 6.72. The molecule has 0 saturated heterocycles. The van der Waals surface area contributed by atoms with Gasteiger partial charge in [0.25, 0.3) is 0 Å². The lowest BCUT2D eigenvalue weighted by atomic mass is 10.1. The molecule has 2 aromatic rings. The Morgan fingerprint density at radius 1 is 1.08 bits per heavy atom. The van der Waals surface area contributed by atoms with Crippen molar-refractivity contribution in [2.24, 2.45) is 10.7 Å². The maximum Gasteiger partial charge on any atom is 0.231 e. The summed E-state index contributed by atoms with van der Waals surface area (Å²) in [6, 6.07) is 14.1. The quantitative estimate of drug-likeness (QED) is 0.425. The van der Waals surface area contributed by atoms with E-state index >= 15 is 0 Å². The van der Waals surface area contributed by atoms with Crippen LogP contribution in [0.1, 0.15) is 18.1 Å². The van der Waals surface area contributed by atoms with Crippen LogP contribution in [-0.2, 0) is 12.8 Å². The highest BCUT2D eigenvalue weighted by atomic mass is 127. The number of hydrogen-bond donors (Lipinski definition) is 2. The summed E-state index contributed by atoms with van der Waals surface area (Å²) in [5.74, 6) is 2.03. The van der Waals surface area contributed by atoms with Crippen molar-refractivity contribution in [2.75, 3.05) is 18.7 Å². The molecular formula is C18H22IN3O2. The van der Waals surface area contributed by atoms with Gasteiger partial charge in [-0.3, -0.25) is 4.99 Å². The van der Waals surface area contributed by atoms with Crippen LogP contribution >= 0.6 is 24.0 Å². The number of benzene rings is 2. The summed E-state index contributed by atoms with van der Waals surface area (Å²) in [4.78, 5) is 4.36. The molecule has 6 heteroatoms. The summed E-state index contributed by atoms with van der Waals surface area (Å²) in [7, 11) is 0. The highest BCUT2D eigenvalue weighted by Crippen LogP contribution is 2.32. The van der Waals surface area contributed by atoms with Crippen LogP contribution in [0, 0.1) is 0 Å². The Balaban J connectivity index is 0.00000208. The zero-order chi connectivity index (χ0) is 16.1. The van der Waals surface area contributed by atoms with Crippen LogP contribution in [0.15, 0.2) is 47.5 Å². The third-order valence-corrected chi connectivity index (χ3v) is 3.75. The van der Waals surface area contributed by atoms with Crippen molar-refractivity contribution in [3.05, 3.63) is 53.6 Å². The van der Waals surface area contributed by atoms with Crippen LogP contribution in [0.4, 0.5) is 5.69 Å². The van der Waals surface area contributed by atoms with Crippen LogP contribution in [0.2, 0.25) is 0 Å². The van der Waals surface area contributed by atoms with Gasteiger partial charge in [-0.1, -0.05) is 25.1 Å². The first-order chi connectivity index (χ1) is 11.2. The predicted octanol–water partition coefficient (Wildman–Crippen LogP) is 3.57. The number of nitrogens with zero attached hydrogens (tertiary/aromatic N) is 1. The monoisotopic (exact) mass is 439 g/mol. The fourth-order valence-corrected chi connectivity index (χ4v) is 2.41. The summed E-state index contributed by atoms with van der Waals surface area (Å²) in [6.45, 7) is 3.05. The van der Waals surface area contributed by atoms with E-state index in [0.29, 0.717) is 19.3 Å². The highest BCUT2D eigenvalue weighted by molar-refractivity contribution is 14.0.